The highest BCUT2D eigenvalue weighted by molar-refractivity contribution is 6.03. The number of aromatic nitrogens is 3. The number of nitrogens with one attached hydrogen (secondary N) is 2. The van der Waals surface area contributed by atoms with Crippen LogP contribution in [-0.2, 0) is 0 Å². The van der Waals surface area contributed by atoms with Crippen molar-refractivity contribution < 1.29 is 4.79 Å². The predicted octanol–water partition coefficient (Wildman–Crippen LogP) is 1.43. The molecule has 0 radical (unpaired) electrons. The van der Waals surface area contributed by atoms with Gasteiger partial charge in [0.15, 0.2) is 0 Å². The SMILES string of the molecule is Cc1nc(C(=O)Nc2ccccc2N(C)C)n[nH]1. The summed E-state index contributed by atoms with van der Waals surface area (Å²) in [5, 5.41) is 9.26. The number of amides is 1. The van der Waals surface area contributed by atoms with Crippen LogP contribution in [0, 0.1) is 6.92 Å². The minimum atomic E-state index is -0.325. The van der Waals surface area contributed by atoms with Gasteiger partial charge in [-0.3, -0.25) is 9.89 Å². The largest absolute Gasteiger partial charge is 0.376 e. The number of aromatic amines is 1. The Bertz CT molecular complexity index is 561. The summed E-state index contributed by atoms with van der Waals surface area (Å²) in [6.07, 6.45) is 0. The number of hydrogen-bond acceptors (Lipinski definition) is 4. The average molecular weight is 245 g/mol. The van der Waals surface area contributed by atoms with Crippen LogP contribution in [0.2, 0.25) is 0 Å². The van der Waals surface area contributed by atoms with E-state index in [9.17, 15) is 4.79 Å². The number of aryl methyl sites for hydroxylation is 1. The van der Waals surface area contributed by atoms with Crippen molar-refractivity contribution in [1.82, 2.24) is 15.2 Å². The van der Waals surface area contributed by atoms with Crippen molar-refractivity contribution in [3.8, 4) is 0 Å². The average Bonchev–Trinajstić information content (AvgIpc) is 2.76. The van der Waals surface area contributed by atoms with Gasteiger partial charge in [-0.1, -0.05) is 12.1 Å². The van der Waals surface area contributed by atoms with E-state index < -0.39 is 0 Å². The Labute approximate surface area is 105 Å². The fourth-order valence-corrected chi connectivity index (χ4v) is 1.59. The van der Waals surface area contributed by atoms with Crippen LogP contribution in [0.4, 0.5) is 11.4 Å². The number of anilines is 2. The number of para-hydroxylation sites is 2. The molecule has 0 unspecified atom stereocenters. The molecule has 94 valence electrons. The van der Waals surface area contributed by atoms with Gasteiger partial charge in [0.1, 0.15) is 5.82 Å². The quantitative estimate of drug-likeness (QED) is 0.858. The summed E-state index contributed by atoms with van der Waals surface area (Å²) in [7, 11) is 3.84. The maximum Gasteiger partial charge on any atom is 0.295 e. The summed E-state index contributed by atoms with van der Waals surface area (Å²) >= 11 is 0. The molecule has 0 saturated carbocycles. The van der Waals surface area contributed by atoms with Crippen LogP contribution in [0.3, 0.4) is 0 Å². The Morgan fingerprint density at radius 3 is 2.67 bits per heavy atom. The maximum absolute atomic E-state index is 11.9. The molecule has 2 aromatic rings. The molecule has 1 amide bonds. The highest BCUT2D eigenvalue weighted by Gasteiger charge is 2.13. The first-order valence-corrected chi connectivity index (χ1v) is 5.54. The van der Waals surface area contributed by atoms with Crippen molar-refractivity contribution in [3.05, 3.63) is 35.9 Å². The van der Waals surface area contributed by atoms with Gasteiger partial charge in [0.05, 0.1) is 11.4 Å². The zero-order valence-electron chi connectivity index (χ0n) is 10.6. The van der Waals surface area contributed by atoms with Crippen LogP contribution >= 0.6 is 0 Å². The van der Waals surface area contributed by atoms with Crippen molar-refractivity contribution in [2.75, 3.05) is 24.3 Å². The van der Waals surface area contributed by atoms with Gasteiger partial charge >= 0.3 is 0 Å². The van der Waals surface area contributed by atoms with E-state index in [1.807, 2.05) is 43.3 Å². The first kappa shape index (κ1) is 12.1. The van der Waals surface area contributed by atoms with Gasteiger partial charge in [-0.25, -0.2) is 4.98 Å². The molecule has 0 aliphatic carbocycles. The molecule has 0 spiro atoms. The van der Waals surface area contributed by atoms with E-state index in [1.165, 1.54) is 0 Å². The number of H-pyrrole nitrogens is 1. The molecule has 6 heteroatoms. The van der Waals surface area contributed by atoms with Gasteiger partial charge in [-0.15, -0.1) is 5.10 Å². The molecule has 1 aromatic carbocycles. The van der Waals surface area contributed by atoms with E-state index >= 15 is 0 Å². The number of nitrogens with zero attached hydrogens (tertiary/aromatic N) is 3. The molecule has 0 aliphatic heterocycles. The molecule has 2 rings (SSSR count). The zero-order valence-corrected chi connectivity index (χ0v) is 10.6. The number of rotatable bonds is 3. The van der Waals surface area contributed by atoms with Crippen molar-refractivity contribution in [2.45, 2.75) is 6.92 Å². The number of hydrogen-bond donors (Lipinski definition) is 2. The molecule has 1 aromatic heterocycles. The monoisotopic (exact) mass is 245 g/mol. The van der Waals surface area contributed by atoms with Crippen LogP contribution in [0.5, 0.6) is 0 Å². The lowest BCUT2D eigenvalue weighted by Crippen LogP contribution is -2.17. The summed E-state index contributed by atoms with van der Waals surface area (Å²) in [5.74, 6) is 0.427. The normalized spacial score (nSPS) is 10.2. The summed E-state index contributed by atoms with van der Waals surface area (Å²) in [6.45, 7) is 1.75. The van der Waals surface area contributed by atoms with Gasteiger partial charge in [0.2, 0.25) is 5.82 Å². The Kier molecular flexibility index (Phi) is 3.27. The Balaban J connectivity index is 2.22. The van der Waals surface area contributed by atoms with Gasteiger partial charge < -0.3 is 10.2 Å². The molecule has 0 atom stereocenters. The summed E-state index contributed by atoms with van der Waals surface area (Å²) in [5.41, 5.74) is 1.66. The minimum Gasteiger partial charge on any atom is -0.376 e. The van der Waals surface area contributed by atoms with E-state index in [1.54, 1.807) is 6.92 Å². The highest BCUT2D eigenvalue weighted by Crippen LogP contribution is 2.23. The lowest BCUT2D eigenvalue weighted by atomic mass is 10.2. The standard InChI is InChI=1S/C12H15N5O/c1-8-13-11(16-15-8)12(18)14-9-6-4-5-7-10(9)17(2)3/h4-7H,1-3H3,(H,14,18)(H,13,15,16). The van der Waals surface area contributed by atoms with E-state index in [2.05, 4.69) is 20.5 Å². The summed E-state index contributed by atoms with van der Waals surface area (Å²) in [4.78, 5) is 17.8. The fourth-order valence-electron chi connectivity index (χ4n) is 1.59. The smallest absolute Gasteiger partial charge is 0.295 e. The molecule has 0 fully saturated rings. The molecular formula is C12H15N5O. The third-order valence-electron chi connectivity index (χ3n) is 2.43. The van der Waals surface area contributed by atoms with Crippen LogP contribution in [0.25, 0.3) is 0 Å². The lowest BCUT2D eigenvalue weighted by Gasteiger charge is -2.17. The molecule has 1 heterocycles. The second-order valence-electron chi connectivity index (χ2n) is 4.11. The highest BCUT2D eigenvalue weighted by atomic mass is 16.2. The molecular weight excluding hydrogens is 230 g/mol. The molecule has 18 heavy (non-hydrogen) atoms. The Hall–Kier alpha value is -2.37. The lowest BCUT2D eigenvalue weighted by molar-refractivity contribution is 0.101. The Morgan fingerprint density at radius 2 is 2.06 bits per heavy atom. The van der Waals surface area contributed by atoms with Crippen molar-refractivity contribution in [2.24, 2.45) is 0 Å². The first-order valence-electron chi connectivity index (χ1n) is 5.54. The van der Waals surface area contributed by atoms with Gasteiger partial charge in [-0.05, 0) is 19.1 Å². The Morgan fingerprint density at radius 1 is 1.33 bits per heavy atom. The van der Waals surface area contributed by atoms with E-state index in [-0.39, 0.29) is 11.7 Å². The minimum absolute atomic E-state index is 0.140. The number of carbonyl (C=O) groups is 1. The second-order valence-corrected chi connectivity index (χ2v) is 4.11. The number of carbonyl (C=O) groups excluding carboxylic acids is 1. The van der Waals surface area contributed by atoms with Crippen LogP contribution in [0.15, 0.2) is 24.3 Å². The maximum atomic E-state index is 11.9. The molecule has 0 aliphatic rings. The van der Waals surface area contributed by atoms with Crippen LogP contribution in [0.1, 0.15) is 16.4 Å². The third kappa shape index (κ3) is 2.48. The van der Waals surface area contributed by atoms with Gasteiger partial charge in [-0.2, -0.15) is 0 Å². The second kappa shape index (κ2) is 4.87. The molecule has 0 bridgehead atoms. The van der Waals surface area contributed by atoms with Crippen LogP contribution < -0.4 is 10.2 Å². The van der Waals surface area contributed by atoms with Gasteiger partial charge in [0.25, 0.3) is 5.91 Å². The van der Waals surface area contributed by atoms with E-state index in [0.717, 1.165) is 11.4 Å². The van der Waals surface area contributed by atoms with Gasteiger partial charge in [0, 0.05) is 14.1 Å². The zero-order chi connectivity index (χ0) is 13.1. The van der Waals surface area contributed by atoms with Crippen molar-refractivity contribution in [3.63, 3.8) is 0 Å². The fraction of sp³-hybridized carbons (Fsp3) is 0.250. The molecule has 0 saturated heterocycles. The van der Waals surface area contributed by atoms with E-state index in [4.69, 9.17) is 0 Å². The molecule has 2 N–H and O–H groups in total. The third-order valence-corrected chi connectivity index (χ3v) is 2.43. The van der Waals surface area contributed by atoms with Crippen molar-refractivity contribution >= 4 is 17.3 Å². The number of benzene rings is 1. The summed E-state index contributed by atoms with van der Waals surface area (Å²) in [6, 6.07) is 7.55. The first-order chi connectivity index (χ1) is 8.58. The van der Waals surface area contributed by atoms with Crippen LogP contribution in [-0.4, -0.2) is 35.2 Å². The summed E-state index contributed by atoms with van der Waals surface area (Å²) < 4.78 is 0. The predicted molar refractivity (Wildman–Crippen MR) is 69.8 cm³/mol. The van der Waals surface area contributed by atoms with E-state index in [0.29, 0.717) is 5.82 Å². The molecule has 6 nitrogen and oxygen atoms in total. The topological polar surface area (TPSA) is 73.9 Å². The van der Waals surface area contributed by atoms with Crippen molar-refractivity contribution in [1.29, 1.82) is 0 Å².